The molecule has 1 N–H and O–H groups in total. The molecule has 0 radical (unpaired) electrons. The first kappa shape index (κ1) is 19.9. The van der Waals surface area contributed by atoms with Gasteiger partial charge in [0.15, 0.2) is 11.0 Å². The van der Waals surface area contributed by atoms with Gasteiger partial charge in [-0.05, 0) is 25.0 Å². The van der Waals surface area contributed by atoms with Crippen LogP contribution in [-0.2, 0) is 11.8 Å². The third-order valence-electron chi connectivity index (χ3n) is 4.36. The number of carbonyl (C=O) groups excluding carboxylic acids is 1. The predicted octanol–water partition coefficient (Wildman–Crippen LogP) is 2.89. The molecule has 1 heterocycles. The Bertz CT molecular complexity index is 806. The van der Waals surface area contributed by atoms with Crippen LogP contribution in [0, 0.1) is 12.3 Å². The van der Waals surface area contributed by atoms with Gasteiger partial charge in [0.05, 0.1) is 12.9 Å². The summed E-state index contributed by atoms with van der Waals surface area (Å²) in [5.41, 5.74) is 0.322. The van der Waals surface area contributed by atoms with Crippen LogP contribution in [0.25, 0.3) is 11.4 Å². The molecule has 0 atom stereocenters. The number of benzene rings is 1. The summed E-state index contributed by atoms with van der Waals surface area (Å²) in [6, 6.07) is 7.61. The van der Waals surface area contributed by atoms with Crippen molar-refractivity contribution in [1.29, 1.82) is 0 Å². The second-order valence-electron chi connectivity index (χ2n) is 5.87. The fraction of sp³-hybridized carbons (Fsp3) is 0.421. The van der Waals surface area contributed by atoms with E-state index in [1.54, 1.807) is 7.11 Å². The zero-order valence-corrected chi connectivity index (χ0v) is 16.4. The highest BCUT2D eigenvalue weighted by atomic mass is 32.2. The van der Waals surface area contributed by atoms with Gasteiger partial charge >= 0.3 is 0 Å². The highest BCUT2D eigenvalue weighted by Gasteiger charge is 2.25. The molecule has 1 amide bonds. The van der Waals surface area contributed by atoms with Gasteiger partial charge in [0.25, 0.3) is 0 Å². The van der Waals surface area contributed by atoms with Crippen LogP contribution in [0.4, 0.5) is 0 Å². The van der Waals surface area contributed by atoms with Crippen molar-refractivity contribution >= 4 is 17.7 Å². The van der Waals surface area contributed by atoms with Crippen molar-refractivity contribution in [2.24, 2.45) is 7.05 Å². The number of methoxy groups -OCH3 is 1. The van der Waals surface area contributed by atoms with Crippen LogP contribution in [-0.4, -0.2) is 39.1 Å². The number of amides is 1. The number of ether oxygens (including phenoxy) is 1. The summed E-state index contributed by atoms with van der Waals surface area (Å²) in [6.07, 6.45) is 6.98. The molecule has 0 aliphatic carbocycles. The van der Waals surface area contributed by atoms with E-state index in [4.69, 9.17) is 11.2 Å². The molecule has 2 aromatic rings. The lowest BCUT2D eigenvalue weighted by atomic mass is 9.94. The number of hydrogen-bond donors (Lipinski definition) is 1. The summed E-state index contributed by atoms with van der Waals surface area (Å²) in [5.74, 6) is 4.29. The van der Waals surface area contributed by atoms with Crippen LogP contribution in [0.1, 0.15) is 26.7 Å². The summed E-state index contributed by atoms with van der Waals surface area (Å²) in [7, 11) is 3.50. The maximum Gasteiger partial charge on any atom is 0.231 e. The number of rotatable bonds is 8. The number of aromatic nitrogens is 3. The maximum atomic E-state index is 12.3. The molecular weight excluding hydrogens is 348 g/mol. The number of terminal acetylenes is 1. The average Bonchev–Trinajstić information content (AvgIpc) is 3.05. The van der Waals surface area contributed by atoms with Crippen LogP contribution in [0.15, 0.2) is 29.4 Å². The van der Waals surface area contributed by atoms with Crippen molar-refractivity contribution in [2.45, 2.75) is 37.4 Å². The molecule has 0 bridgehead atoms. The van der Waals surface area contributed by atoms with Crippen LogP contribution < -0.4 is 10.1 Å². The summed E-state index contributed by atoms with van der Waals surface area (Å²) in [5, 5.41) is 12.0. The third-order valence-corrected chi connectivity index (χ3v) is 5.38. The van der Waals surface area contributed by atoms with E-state index in [-0.39, 0.29) is 11.7 Å². The Morgan fingerprint density at radius 1 is 1.38 bits per heavy atom. The van der Waals surface area contributed by atoms with Crippen molar-refractivity contribution in [3.05, 3.63) is 24.3 Å². The molecule has 0 saturated heterocycles. The highest BCUT2D eigenvalue weighted by Crippen LogP contribution is 2.25. The van der Waals surface area contributed by atoms with E-state index in [1.807, 2.05) is 49.7 Å². The van der Waals surface area contributed by atoms with Crippen molar-refractivity contribution in [2.75, 3.05) is 12.9 Å². The highest BCUT2D eigenvalue weighted by molar-refractivity contribution is 7.99. The molecule has 138 valence electrons. The Morgan fingerprint density at radius 2 is 2.12 bits per heavy atom. The Morgan fingerprint density at radius 3 is 2.73 bits per heavy atom. The van der Waals surface area contributed by atoms with E-state index < -0.39 is 5.54 Å². The number of hydrogen-bond acceptors (Lipinski definition) is 5. The van der Waals surface area contributed by atoms with Gasteiger partial charge in [-0.1, -0.05) is 43.7 Å². The molecule has 0 unspecified atom stereocenters. The normalized spacial score (nSPS) is 11.0. The molecule has 0 aliphatic rings. The molecule has 7 heteroatoms. The minimum atomic E-state index is -0.580. The summed E-state index contributed by atoms with van der Waals surface area (Å²) < 4.78 is 7.11. The molecule has 0 saturated carbocycles. The number of nitrogens with zero attached hydrogens (tertiary/aromatic N) is 3. The fourth-order valence-corrected chi connectivity index (χ4v) is 3.27. The molecule has 1 aromatic carbocycles. The van der Waals surface area contributed by atoms with E-state index in [0.717, 1.165) is 11.3 Å². The van der Waals surface area contributed by atoms with Crippen molar-refractivity contribution in [3.8, 4) is 29.5 Å². The van der Waals surface area contributed by atoms with Gasteiger partial charge in [0, 0.05) is 12.6 Å². The molecule has 0 spiro atoms. The van der Waals surface area contributed by atoms with Crippen molar-refractivity contribution in [3.63, 3.8) is 0 Å². The van der Waals surface area contributed by atoms with Gasteiger partial charge in [-0.2, -0.15) is 0 Å². The quantitative estimate of drug-likeness (QED) is 0.570. The van der Waals surface area contributed by atoms with E-state index in [1.165, 1.54) is 11.8 Å². The lowest BCUT2D eigenvalue weighted by Crippen LogP contribution is -2.47. The minimum absolute atomic E-state index is 0.109. The lowest BCUT2D eigenvalue weighted by Gasteiger charge is -2.26. The molecule has 1 aromatic heterocycles. The van der Waals surface area contributed by atoms with Gasteiger partial charge in [0.2, 0.25) is 5.91 Å². The lowest BCUT2D eigenvalue weighted by molar-refractivity contribution is -0.119. The third kappa shape index (κ3) is 4.38. The smallest absolute Gasteiger partial charge is 0.231 e. The second-order valence-corrected chi connectivity index (χ2v) is 6.81. The number of nitrogens with one attached hydrogen (secondary N) is 1. The maximum absolute atomic E-state index is 12.3. The average molecular weight is 372 g/mol. The number of carbonyl (C=O) groups is 1. The van der Waals surface area contributed by atoms with E-state index in [9.17, 15) is 4.79 Å². The summed E-state index contributed by atoms with van der Waals surface area (Å²) in [4.78, 5) is 12.3. The number of thioether (sulfide) groups is 1. The van der Waals surface area contributed by atoms with Gasteiger partial charge in [-0.15, -0.1) is 16.6 Å². The minimum Gasteiger partial charge on any atom is -0.497 e. The molecule has 0 aliphatic heterocycles. The van der Waals surface area contributed by atoms with Crippen LogP contribution >= 0.6 is 11.8 Å². The standard InChI is InChI=1S/C19H24N4O2S/c1-6-19(7-2,8-3)20-16(24)13-26-18-22-21-17(23(18)4)14-10-9-11-15(12-14)25-5/h1,9-12H,7-8,13H2,2-5H3,(H,20,24). The first-order chi connectivity index (χ1) is 12.5. The first-order valence-corrected chi connectivity index (χ1v) is 9.42. The predicted molar refractivity (Wildman–Crippen MR) is 104 cm³/mol. The summed E-state index contributed by atoms with van der Waals surface area (Å²) in [6.45, 7) is 3.94. The van der Waals surface area contributed by atoms with E-state index in [2.05, 4.69) is 21.4 Å². The zero-order valence-electron chi connectivity index (χ0n) is 15.6. The monoisotopic (exact) mass is 372 g/mol. The van der Waals surface area contributed by atoms with E-state index in [0.29, 0.717) is 23.8 Å². The van der Waals surface area contributed by atoms with E-state index >= 15 is 0 Å². The van der Waals surface area contributed by atoms with Crippen molar-refractivity contribution in [1.82, 2.24) is 20.1 Å². The van der Waals surface area contributed by atoms with Gasteiger partial charge in [-0.3, -0.25) is 4.79 Å². The largest absolute Gasteiger partial charge is 0.497 e. The molecular formula is C19H24N4O2S. The van der Waals surface area contributed by atoms with Crippen molar-refractivity contribution < 1.29 is 9.53 Å². The molecule has 2 rings (SSSR count). The fourth-order valence-electron chi connectivity index (χ4n) is 2.55. The Kier molecular flexibility index (Phi) is 6.70. The topological polar surface area (TPSA) is 69.0 Å². The van der Waals surface area contributed by atoms with Gasteiger partial charge in [0.1, 0.15) is 11.3 Å². The molecule has 26 heavy (non-hydrogen) atoms. The Hall–Kier alpha value is -2.46. The second kappa shape index (κ2) is 8.77. The Balaban J connectivity index is 2.07. The first-order valence-electron chi connectivity index (χ1n) is 8.44. The Labute approximate surface area is 158 Å². The van der Waals surface area contributed by atoms with Crippen LogP contribution in [0.2, 0.25) is 0 Å². The molecule has 6 nitrogen and oxygen atoms in total. The van der Waals surface area contributed by atoms with Gasteiger partial charge in [-0.25, -0.2) is 0 Å². The zero-order chi connectivity index (χ0) is 19.2. The van der Waals surface area contributed by atoms with Crippen LogP contribution in [0.3, 0.4) is 0 Å². The van der Waals surface area contributed by atoms with Gasteiger partial charge < -0.3 is 14.6 Å². The van der Waals surface area contributed by atoms with Crippen LogP contribution in [0.5, 0.6) is 5.75 Å². The summed E-state index contributed by atoms with van der Waals surface area (Å²) >= 11 is 1.33. The SMILES string of the molecule is C#CC(CC)(CC)NC(=O)CSc1nnc(-c2cccc(OC)c2)n1C. The molecule has 0 fully saturated rings.